The molecule has 0 aliphatic heterocycles. The van der Waals surface area contributed by atoms with E-state index in [0.29, 0.717) is 17.2 Å². The number of hydrogen-bond acceptors (Lipinski definition) is 4. The van der Waals surface area contributed by atoms with Crippen molar-refractivity contribution in [2.24, 2.45) is 5.92 Å². The monoisotopic (exact) mass is 326 g/mol. The minimum atomic E-state index is 0.108. The van der Waals surface area contributed by atoms with Gasteiger partial charge in [0.15, 0.2) is 4.77 Å². The molecule has 2 heterocycles. The van der Waals surface area contributed by atoms with Gasteiger partial charge in [0.05, 0.1) is 5.39 Å². The average Bonchev–Trinajstić information content (AvgIpc) is 2.94. The molecule has 1 N–H and O–H groups in total. The Morgan fingerprint density at radius 2 is 2.30 bits per heavy atom. The maximum Gasteiger partial charge on any atom is 0.263 e. The van der Waals surface area contributed by atoms with Crippen molar-refractivity contribution < 1.29 is 0 Å². The summed E-state index contributed by atoms with van der Waals surface area (Å²) in [5, 5.41) is 0.896. The molecule has 1 unspecified atom stereocenters. The SMILES string of the molecule is CSCC(C)Cn1c(=S)[nH]c2sc3c(c2c1=O)CCC3. The van der Waals surface area contributed by atoms with Gasteiger partial charge in [-0.3, -0.25) is 9.36 Å². The highest BCUT2D eigenvalue weighted by molar-refractivity contribution is 7.98. The summed E-state index contributed by atoms with van der Waals surface area (Å²) in [4.78, 5) is 18.4. The summed E-state index contributed by atoms with van der Waals surface area (Å²) < 4.78 is 2.32. The Hall–Kier alpha value is -0.590. The fourth-order valence-corrected chi connectivity index (χ4v) is 5.20. The minimum Gasteiger partial charge on any atom is -0.323 e. The second kappa shape index (κ2) is 5.66. The Bertz CT molecular complexity index is 756. The van der Waals surface area contributed by atoms with E-state index in [1.807, 2.05) is 11.8 Å². The zero-order valence-corrected chi connectivity index (χ0v) is 14.1. The molecule has 1 aliphatic rings. The summed E-state index contributed by atoms with van der Waals surface area (Å²) in [6.45, 7) is 2.87. The summed E-state index contributed by atoms with van der Waals surface area (Å²) in [6, 6.07) is 0. The number of nitrogens with one attached hydrogen (secondary N) is 1. The van der Waals surface area contributed by atoms with Crippen LogP contribution in [0.1, 0.15) is 23.8 Å². The van der Waals surface area contributed by atoms with Gasteiger partial charge in [-0.15, -0.1) is 11.3 Å². The Labute approximate surface area is 131 Å². The lowest BCUT2D eigenvalue weighted by Gasteiger charge is -2.12. The first kappa shape index (κ1) is 14.4. The molecule has 0 saturated carbocycles. The molecule has 0 aromatic carbocycles. The number of fused-ring (bicyclic) bond motifs is 3. The van der Waals surface area contributed by atoms with Gasteiger partial charge in [-0.25, -0.2) is 0 Å². The van der Waals surface area contributed by atoms with E-state index in [9.17, 15) is 4.79 Å². The van der Waals surface area contributed by atoms with Crippen molar-refractivity contribution in [3.63, 3.8) is 0 Å². The van der Waals surface area contributed by atoms with Crippen molar-refractivity contribution in [1.82, 2.24) is 9.55 Å². The van der Waals surface area contributed by atoms with Crippen LogP contribution in [0.5, 0.6) is 0 Å². The molecular weight excluding hydrogens is 308 g/mol. The number of aryl methyl sites for hydroxylation is 2. The summed E-state index contributed by atoms with van der Waals surface area (Å²) >= 11 is 8.91. The van der Waals surface area contributed by atoms with Crippen molar-refractivity contribution >= 4 is 45.5 Å². The van der Waals surface area contributed by atoms with Crippen molar-refractivity contribution in [2.45, 2.75) is 32.7 Å². The van der Waals surface area contributed by atoms with Crippen LogP contribution in [0, 0.1) is 10.7 Å². The molecule has 0 fully saturated rings. The quantitative estimate of drug-likeness (QED) is 0.872. The smallest absolute Gasteiger partial charge is 0.263 e. The van der Waals surface area contributed by atoms with Crippen LogP contribution in [0.2, 0.25) is 0 Å². The average molecular weight is 327 g/mol. The highest BCUT2D eigenvalue weighted by Crippen LogP contribution is 2.34. The third kappa shape index (κ3) is 2.38. The van der Waals surface area contributed by atoms with Crippen LogP contribution in [0.4, 0.5) is 0 Å². The topological polar surface area (TPSA) is 37.8 Å². The highest BCUT2D eigenvalue weighted by Gasteiger charge is 2.21. The molecule has 0 amide bonds. The standard InChI is InChI=1S/C14H18N2OS3/c1-8(7-19-2)6-16-13(17)11-9-4-3-5-10(9)20-12(11)15-14(16)18/h8H,3-7H2,1-2H3,(H,15,18). The first-order chi connectivity index (χ1) is 9.61. The van der Waals surface area contributed by atoms with Gasteiger partial charge >= 0.3 is 0 Å². The van der Waals surface area contributed by atoms with Gasteiger partial charge in [-0.05, 0) is 55.0 Å². The van der Waals surface area contributed by atoms with Gasteiger partial charge in [0, 0.05) is 11.4 Å². The summed E-state index contributed by atoms with van der Waals surface area (Å²) in [7, 11) is 0. The fraction of sp³-hybridized carbons (Fsp3) is 0.571. The molecule has 0 bridgehead atoms. The summed E-state index contributed by atoms with van der Waals surface area (Å²) in [6.07, 6.45) is 5.41. The third-order valence-corrected chi connectivity index (χ3v) is 6.22. The molecule has 2 aromatic heterocycles. The first-order valence-corrected chi connectivity index (χ1v) is 9.50. The molecule has 20 heavy (non-hydrogen) atoms. The number of aromatic amines is 1. The number of nitrogens with zero attached hydrogens (tertiary/aromatic N) is 1. The Morgan fingerprint density at radius 3 is 3.05 bits per heavy atom. The number of aromatic nitrogens is 2. The van der Waals surface area contributed by atoms with Crippen LogP contribution < -0.4 is 5.56 Å². The molecule has 0 saturated heterocycles. The van der Waals surface area contributed by atoms with Crippen LogP contribution in [-0.2, 0) is 19.4 Å². The second-order valence-corrected chi connectivity index (χ2v) is 7.87. The molecule has 108 valence electrons. The maximum atomic E-state index is 12.8. The lowest BCUT2D eigenvalue weighted by molar-refractivity contribution is 0.510. The van der Waals surface area contributed by atoms with E-state index in [2.05, 4.69) is 18.2 Å². The van der Waals surface area contributed by atoms with E-state index in [-0.39, 0.29) is 5.56 Å². The van der Waals surface area contributed by atoms with E-state index in [1.54, 1.807) is 15.9 Å². The van der Waals surface area contributed by atoms with E-state index >= 15 is 0 Å². The summed E-state index contributed by atoms with van der Waals surface area (Å²) in [5.41, 5.74) is 1.38. The minimum absolute atomic E-state index is 0.108. The molecule has 3 nitrogen and oxygen atoms in total. The normalized spacial score (nSPS) is 15.7. The number of H-pyrrole nitrogens is 1. The highest BCUT2D eigenvalue weighted by atomic mass is 32.2. The van der Waals surface area contributed by atoms with Crippen molar-refractivity contribution in [3.8, 4) is 0 Å². The predicted octanol–water partition coefficient (Wildman–Crippen LogP) is 3.61. The van der Waals surface area contributed by atoms with Gasteiger partial charge in [-0.2, -0.15) is 11.8 Å². The van der Waals surface area contributed by atoms with Crippen LogP contribution in [0.3, 0.4) is 0 Å². The zero-order chi connectivity index (χ0) is 14.3. The van der Waals surface area contributed by atoms with Crippen molar-refractivity contribution in [1.29, 1.82) is 0 Å². The lowest BCUT2D eigenvalue weighted by atomic mass is 10.2. The molecular formula is C14H18N2OS3. The molecule has 2 aromatic rings. The molecule has 6 heteroatoms. The van der Waals surface area contributed by atoms with E-state index in [1.165, 1.54) is 16.9 Å². The van der Waals surface area contributed by atoms with Crippen molar-refractivity contribution in [3.05, 3.63) is 25.6 Å². The molecule has 3 rings (SSSR count). The van der Waals surface area contributed by atoms with E-state index < -0.39 is 0 Å². The van der Waals surface area contributed by atoms with Crippen molar-refractivity contribution in [2.75, 3.05) is 12.0 Å². The third-order valence-electron chi connectivity index (χ3n) is 3.79. The summed E-state index contributed by atoms with van der Waals surface area (Å²) in [5.74, 6) is 1.49. The van der Waals surface area contributed by atoms with Gasteiger partial charge < -0.3 is 4.98 Å². The molecule has 0 radical (unpaired) electrons. The lowest BCUT2D eigenvalue weighted by Crippen LogP contribution is -2.25. The Morgan fingerprint density at radius 1 is 1.50 bits per heavy atom. The Kier molecular flexibility index (Phi) is 4.06. The molecule has 1 atom stereocenters. The van der Waals surface area contributed by atoms with Gasteiger partial charge in [0.25, 0.3) is 5.56 Å². The first-order valence-electron chi connectivity index (χ1n) is 6.88. The number of rotatable bonds is 4. The largest absolute Gasteiger partial charge is 0.323 e. The zero-order valence-electron chi connectivity index (χ0n) is 11.7. The second-order valence-electron chi connectivity index (χ2n) is 5.47. The van der Waals surface area contributed by atoms with Crippen LogP contribution >= 0.6 is 35.3 Å². The van der Waals surface area contributed by atoms with E-state index in [4.69, 9.17) is 12.2 Å². The number of thioether (sulfide) groups is 1. The van der Waals surface area contributed by atoms with Crippen LogP contribution in [-0.4, -0.2) is 21.6 Å². The van der Waals surface area contributed by atoms with E-state index in [0.717, 1.165) is 28.8 Å². The predicted molar refractivity (Wildman–Crippen MR) is 90.8 cm³/mol. The van der Waals surface area contributed by atoms with Gasteiger partial charge in [-0.1, -0.05) is 6.92 Å². The van der Waals surface area contributed by atoms with Crippen LogP contribution in [0.15, 0.2) is 4.79 Å². The molecule has 1 aliphatic carbocycles. The van der Waals surface area contributed by atoms with Crippen LogP contribution in [0.25, 0.3) is 10.2 Å². The van der Waals surface area contributed by atoms with Gasteiger partial charge in [0.2, 0.25) is 0 Å². The van der Waals surface area contributed by atoms with Gasteiger partial charge in [0.1, 0.15) is 4.83 Å². The number of hydrogen-bond donors (Lipinski definition) is 1. The molecule has 0 spiro atoms. The fourth-order valence-electron chi connectivity index (χ4n) is 2.93. The number of thiophene rings is 1. The maximum absolute atomic E-state index is 12.8. The Balaban J connectivity index is 2.13.